The van der Waals surface area contributed by atoms with E-state index in [1.165, 1.54) is 7.11 Å². The van der Waals surface area contributed by atoms with Crippen LogP contribution in [0.2, 0.25) is 10.0 Å². The molecule has 17 heavy (non-hydrogen) atoms. The highest BCUT2D eigenvalue weighted by Crippen LogP contribution is 2.36. The molecule has 3 nitrogen and oxygen atoms in total. The van der Waals surface area contributed by atoms with Gasteiger partial charge in [-0.1, -0.05) is 23.2 Å². The quantitative estimate of drug-likeness (QED) is 0.801. The summed E-state index contributed by atoms with van der Waals surface area (Å²) in [6.45, 7) is 0. The van der Waals surface area contributed by atoms with E-state index in [0.29, 0.717) is 22.9 Å². The molecule has 0 saturated heterocycles. The van der Waals surface area contributed by atoms with Crippen LogP contribution in [0.5, 0.6) is 0 Å². The van der Waals surface area contributed by atoms with Gasteiger partial charge in [0.1, 0.15) is 0 Å². The second-order valence-electron chi connectivity index (χ2n) is 4.23. The van der Waals surface area contributed by atoms with Crippen molar-refractivity contribution >= 4 is 29.2 Å². The van der Waals surface area contributed by atoms with Crippen molar-refractivity contribution in [1.82, 2.24) is 0 Å². The average molecular weight is 274 g/mol. The van der Waals surface area contributed by atoms with Gasteiger partial charge in [0.2, 0.25) is 0 Å². The van der Waals surface area contributed by atoms with Crippen LogP contribution >= 0.6 is 23.2 Å². The predicted octanol–water partition coefficient (Wildman–Crippen LogP) is 2.73. The number of methoxy groups -OCH3 is 1. The zero-order valence-corrected chi connectivity index (χ0v) is 10.9. The fraction of sp³-hybridized carbons (Fsp3) is 0.417. The Hall–Kier alpha value is -0.770. The zero-order chi connectivity index (χ0) is 12.6. The Labute approximate surface area is 110 Å². The Morgan fingerprint density at radius 3 is 2.71 bits per heavy atom. The minimum absolute atomic E-state index is 0.195. The zero-order valence-electron chi connectivity index (χ0n) is 9.37. The summed E-state index contributed by atoms with van der Waals surface area (Å²) in [6, 6.07) is 3.38. The number of ether oxygens (including phenoxy) is 1. The summed E-state index contributed by atoms with van der Waals surface area (Å²) in [5.74, 6) is -0.420. The van der Waals surface area contributed by atoms with E-state index in [2.05, 4.69) is 0 Å². The number of carbonyl (C=O) groups is 1. The fourth-order valence-electron chi connectivity index (χ4n) is 2.25. The maximum atomic E-state index is 11.5. The van der Waals surface area contributed by atoms with E-state index in [9.17, 15) is 4.79 Å². The van der Waals surface area contributed by atoms with Crippen LogP contribution in [0.25, 0.3) is 0 Å². The number of esters is 1. The van der Waals surface area contributed by atoms with Crippen LogP contribution in [0, 0.1) is 5.92 Å². The van der Waals surface area contributed by atoms with Crippen LogP contribution < -0.4 is 5.73 Å². The molecule has 0 aliphatic heterocycles. The molecule has 0 spiro atoms. The Morgan fingerprint density at radius 1 is 1.41 bits per heavy atom. The number of carbonyl (C=O) groups excluding carboxylic acids is 1. The molecular weight excluding hydrogens is 261 g/mol. The lowest BCUT2D eigenvalue weighted by Gasteiger charge is -2.28. The Kier molecular flexibility index (Phi) is 3.61. The van der Waals surface area contributed by atoms with E-state index in [0.717, 1.165) is 11.1 Å². The lowest BCUT2D eigenvalue weighted by molar-refractivity contribution is -0.146. The van der Waals surface area contributed by atoms with Crippen LogP contribution in [0.15, 0.2) is 12.1 Å². The van der Waals surface area contributed by atoms with Crippen LogP contribution in [0.1, 0.15) is 23.6 Å². The van der Waals surface area contributed by atoms with E-state index in [-0.39, 0.29) is 17.9 Å². The lowest BCUT2D eigenvalue weighted by Crippen LogP contribution is -2.29. The van der Waals surface area contributed by atoms with Crippen LogP contribution in [-0.2, 0) is 16.0 Å². The molecule has 1 aromatic rings. The minimum Gasteiger partial charge on any atom is -0.469 e. The number of halogens is 2. The summed E-state index contributed by atoms with van der Waals surface area (Å²) in [7, 11) is 1.39. The fourth-order valence-corrected chi connectivity index (χ4v) is 2.61. The third kappa shape index (κ3) is 2.41. The normalized spacial score (nSPS) is 23.1. The molecule has 2 unspecified atom stereocenters. The van der Waals surface area contributed by atoms with Gasteiger partial charge >= 0.3 is 5.97 Å². The smallest absolute Gasteiger partial charge is 0.309 e. The number of hydrogen-bond acceptors (Lipinski definition) is 3. The molecule has 1 aromatic carbocycles. The van der Waals surface area contributed by atoms with Gasteiger partial charge in [-0.15, -0.1) is 0 Å². The Bertz CT molecular complexity index is 462. The first-order chi connectivity index (χ1) is 8.02. The van der Waals surface area contributed by atoms with Crippen molar-refractivity contribution in [3.63, 3.8) is 0 Å². The highest BCUT2D eigenvalue weighted by molar-refractivity contribution is 6.42. The maximum absolute atomic E-state index is 11.5. The molecule has 1 aliphatic rings. The van der Waals surface area contributed by atoms with Gasteiger partial charge in [0.15, 0.2) is 0 Å². The van der Waals surface area contributed by atoms with Crippen molar-refractivity contribution in [2.75, 3.05) is 7.11 Å². The molecule has 5 heteroatoms. The lowest BCUT2D eigenvalue weighted by atomic mass is 9.81. The summed E-state index contributed by atoms with van der Waals surface area (Å²) >= 11 is 11.9. The van der Waals surface area contributed by atoms with E-state index < -0.39 is 0 Å². The topological polar surface area (TPSA) is 52.3 Å². The number of fused-ring (bicyclic) bond motifs is 1. The summed E-state index contributed by atoms with van der Waals surface area (Å²) in [4.78, 5) is 11.5. The molecule has 0 heterocycles. The SMILES string of the molecule is COC(=O)C1Cc2cc(Cl)c(Cl)cc2C(N)C1. The summed E-state index contributed by atoms with van der Waals surface area (Å²) in [5, 5.41) is 0.987. The first-order valence-corrected chi connectivity index (χ1v) is 6.09. The Balaban J connectivity index is 2.36. The summed E-state index contributed by atoms with van der Waals surface area (Å²) in [6.07, 6.45) is 1.18. The summed E-state index contributed by atoms with van der Waals surface area (Å²) in [5.41, 5.74) is 7.99. The first-order valence-electron chi connectivity index (χ1n) is 5.34. The van der Waals surface area contributed by atoms with E-state index in [4.69, 9.17) is 33.7 Å². The predicted molar refractivity (Wildman–Crippen MR) is 67.2 cm³/mol. The molecular formula is C12H13Cl2NO2. The molecule has 0 bridgehead atoms. The van der Waals surface area contributed by atoms with Crippen LogP contribution in [-0.4, -0.2) is 13.1 Å². The largest absolute Gasteiger partial charge is 0.469 e. The van der Waals surface area contributed by atoms with Crippen LogP contribution in [0.3, 0.4) is 0 Å². The first kappa shape index (κ1) is 12.7. The van der Waals surface area contributed by atoms with Gasteiger partial charge in [0.05, 0.1) is 23.1 Å². The molecule has 0 saturated carbocycles. The average Bonchev–Trinajstić information content (AvgIpc) is 2.30. The molecule has 0 radical (unpaired) electrons. The van der Waals surface area contributed by atoms with Crippen molar-refractivity contribution in [2.45, 2.75) is 18.9 Å². The molecule has 0 amide bonds. The third-order valence-corrected chi connectivity index (χ3v) is 3.84. The maximum Gasteiger partial charge on any atom is 0.309 e. The van der Waals surface area contributed by atoms with Gasteiger partial charge in [-0.2, -0.15) is 0 Å². The van der Waals surface area contributed by atoms with Crippen molar-refractivity contribution in [3.8, 4) is 0 Å². The number of nitrogens with two attached hydrogens (primary N) is 1. The van der Waals surface area contributed by atoms with Crippen molar-refractivity contribution in [1.29, 1.82) is 0 Å². The van der Waals surface area contributed by atoms with Crippen LogP contribution in [0.4, 0.5) is 0 Å². The number of benzene rings is 1. The molecule has 2 atom stereocenters. The minimum atomic E-state index is -0.225. The van der Waals surface area contributed by atoms with Gasteiger partial charge in [-0.25, -0.2) is 0 Å². The van der Waals surface area contributed by atoms with Gasteiger partial charge in [-0.3, -0.25) is 4.79 Å². The molecule has 92 valence electrons. The van der Waals surface area contributed by atoms with Crippen molar-refractivity contribution in [2.24, 2.45) is 11.7 Å². The molecule has 0 fully saturated rings. The number of rotatable bonds is 1. The van der Waals surface area contributed by atoms with Crippen molar-refractivity contribution in [3.05, 3.63) is 33.3 Å². The van der Waals surface area contributed by atoms with E-state index in [1.807, 2.05) is 0 Å². The summed E-state index contributed by atoms with van der Waals surface area (Å²) < 4.78 is 4.75. The molecule has 2 rings (SSSR count). The molecule has 2 N–H and O–H groups in total. The molecule has 0 aromatic heterocycles. The van der Waals surface area contributed by atoms with Crippen molar-refractivity contribution < 1.29 is 9.53 Å². The van der Waals surface area contributed by atoms with E-state index >= 15 is 0 Å². The second kappa shape index (κ2) is 4.84. The van der Waals surface area contributed by atoms with Gasteiger partial charge in [-0.05, 0) is 36.1 Å². The van der Waals surface area contributed by atoms with Gasteiger partial charge in [0.25, 0.3) is 0 Å². The highest BCUT2D eigenvalue weighted by atomic mass is 35.5. The Morgan fingerprint density at radius 2 is 2.06 bits per heavy atom. The second-order valence-corrected chi connectivity index (χ2v) is 5.05. The monoisotopic (exact) mass is 273 g/mol. The standard InChI is InChI=1S/C12H13Cl2NO2/c1-17-12(16)7-2-6-3-9(13)10(14)5-8(6)11(15)4-7/h3,5,7,11H,2,4,15H2,1H3. The van der Waals surface area contributed by atoms with E-state index in [1.54, 1.807) is 12.1 Å². The highest BCUT2D eigenvalue weighted by Gasteiger charge is 2.30. The van der Waals surface area contributed by atoms with Gasteiger partial charge in [0, 0.05) is 6.04 Å². The van der Waals surface area contributed by atoms with Gasteiger partial charge < -0.3 is 10.5 Å². The third-order valence-electron chi connectivity index (χ3n) is 3.12. The molecule has 1 aliphatic carbocycles. The number of hydrogen-bond donors (Lipinski definition) is 1.